The van der Waals surface area contributed by atoms with Crippen LogP contribution in [0.4, 0.5) is 11.4 Å². The second kappa shape index (κ2) is 6.95. The number of anilines is 2. The number of rotatable bonds is 2. The third-order valence-corrected chi connectivity index (χ3v) is 6.13. The summed E-state index contributed by atoms with van der Waals surface area (Å²) in [6.07, 6.45) is 7.31. The molecule has 3 aromatic heterocycles. The molecular weight excluding hydrogens is 402 g/mol. The lowest BCUT2D eigenvalue weighted by molar-refractivity contribution is -0.110. The third kappa shape index (κ3) is 2.85. The maximum Gasteiger partial charge on any atom is 0.256 e. The van der Waals surface area contributed by atoms with E-state index in [1.807, 2.05) is 36.7 Å². The van der Waals surface area contributed by atoms with Crippen LogP contribution < -0.4 is 15.4 Å². The van der Waals surface area contributed by atoms with E-state index in [1.54, 1.807) is 6.20 Å². The Morgan fingerprint density at radius 2 is 2.00 bits per heavy atom. The maximum absolute atomic E-state index is 12.8. The predicted octanol–water partition coefficient (Wildman–Crippen LogP) is 4.54. The van der Waals surface area contributed by atoms with Crippen LogP contribution in [0.1, 0.15) is 22.4 Å². The maximum atomic E-state index is 12.8. The standard InChI is InChI=1S/C25H21N5O2/c1-13-7-22-18(10-17(13)20-12-28-25-23(14(20)2)27-5-6-32-25)19(24(31)30-22)9-16-8-15-11-26-4-3-21(15)29-16/h3-4,7-12,27,29H,5-6H2,1-2H3,(H,30,31). The van der Waals surface area contributed by atoms with Crippen LogP contribution in [0.15, 0.2) is 42.9 Å². The Morgan fingerprint density at radius 3 is 2.88 bits per heavy atom. The molecule has 7 nitrogen and oxygen atoms in total. The SMILES string of the molecule is Cc1cc2c(cc1-c1cnc3c(c1C)NCCO3)C(=Cc1cc3cnccc3[nH]1)C(=O)N2. The molecule has 32 heavy (non-hydrogen) atoms. The van der Waals surface area contributed by atoms with Gasteiger partial charge < -0.3 is 20.4 Å². The predicted molar refractivity (Wildman–Crippen MR) is 126 cm³/mol. The van der Waals surface area contributed by atoms with E-state index >= 15 is 0 Å². The van der Waals surface area contributed by atoms with Crippen LogP contribution in [0.3, 0.4) is 0 Å². The molecule has 6 rings (SSSR count). The molecule has 3 N–H and O–H groups in total. The average Bonchev–Trinajstić information content (AvgIpc) is 3.34. The normalized spacial score (nSPS) is 15.8. The second-order valence-electron chi connectivity index (χ2n) is 8.16. The summed E-state index contributed by atoms with van der Waals surface area (Å²) in [6, 6.07) is 8.03. The summed E-state index contributed by atoms with van der Waals surface area (Å²) >= 11 is 0. The zero-order valence-electron chi connectivity index (χ0n) is 17.7. The molecule has 4 aromatic rings. The first-order valence-electron chi connectivity index (χ1n) is 10.6. The van der Waals surface area contributed by atoms with Crippen molar-refractivity contribution in [2.75, 3.05) is 23.8 Å². The molecule has 0 radical (unpaired) electrons. The fourth-order valence-corrected chi connectivity index (χ4v) is 4.50. The summed E-state index contributed by atoms with van der Waals surface area (Å²) in [5.41, 5.74) is 9.36. The monoisotopic (exact) mass is 423 g/mol. The van der Waals surface area contributed by atoms with Gasteiger partial charge >= 0.3 is 0 Å². The molecule has 2 aliphatic rings. The first-order valence-corrected chi connectivity index (χ1v) is 10.6. The van der Waals surface area contributed by atoms with Crippen LogP contribution in [0.25, 0.3) is 33.7 Å². The number of nitrogens with zero attached hydrogens (tertiary/aromatic N) is 2. The fraction of sp³-hybridized carbons (Fsp3) is 0.160. The van der Waals surface area contributed by atoms with Crippen molar-refractivity contribution in [3.8, 4) is 17.0 Å². The number of ether oxygens (including phenoxy) is 1. The van der Waals surface area contributed by atoms with Crippen LogP contribution in [0.5, 0.6) is 5.88 Å². The van der Waals surface area contributed by atoms with Crippen LogP contribution in [-0.2, 0) is 4.79 Å². The van der Waals surface area contributed by atoms with Crippen molar-refractivity contribution in [2.24, 2.45) is 0 Å². The summed E-state index contributed by atoms with van der Waals surface area (Å²) in [4.78, 5) is 24.9. The molecule has 1 aromatic carbocycles. The zero-order valence-corrected chi connectivity index (χ0v) is 17.7. The summed E-state index contributed by atoms with van der Waals surface area (Å²) < 4.78 is 5.68. The smallest absolute Gasteiger partial charge is 0.256 e. The number of fused-ring (bicyclic) bond motifs is 3. The van der Waals surface area contributed by atoms with Gasteiger partial charge in [-0.25, -0.2) is 4.98 Å². The Hall–Kier alpha value is -4.13. The van der Waals surface area contributed by atoms with Gasteiger partial charge in [-0.2, -0.15) is 0 Å². The molecule has 0 unspecified atom stereocenters. The van der Waals surface area contributed by atoms with Crippen LogP contribution in [0.2, 0.25) is 0 Å². The van der Waals surface area contributed by atoms with Gasteiger partial charge in [-0.15, -0.1) is 0 Å². The molecule has 0 saturated carbocycles. The summed E-state index contributed by atoms with van der Waals surface area (Å²) in [7, 11) is 0. The van der Waals surface area contributed by atoms with Gasteiger partial charge in [0, 0.05) is 58.5 Å². The van der Waals surface area contributed by atoms with E-state index in [9.17, 15) is 4.79 Å². The summed E-state index contributed by atoms with van der Waals surface area (Å²) in [6.45, 7) is 5.50. The molecule has 0 atom stereocenters. The van der Waals surface area contributed by atoms with E-state index in [1.165, 1.54) is 0 Å². The summed E-state index contributed by atoms with van der Waals surface area (Å²) in [5, 5.41) is 7.41. The van der Waals surface area contributed by atoms with E-state index in [2.05, 4.69) is 45.5 Å². The first kappa shape index (κ1) is 18.6. The van der Waals surface area contributed by atoms with Crippen molar-refractivity contribution in [3.05, 3.63) is 65.2 Å². The molecule has 1 amide bonds. The molecular formula is C25H21N5O2. The Labute approximate surface area is 184 Å². The number of carbonyl (C=O) groups is 1. The Balaban J connectivity index is 1.48. The van der Waals surface area contributed by atoms with Gasteiger partial charge in [-0.3, -0.25) is 9.78 Å². The third-order valence-electron chi connectivity index (χ3n) is 6.13. The number of hydrogen-bond donors (Lipinski definition) is 3. The van der Waals surface area contributed by atoms with E-state index in [0.29, 0.717) is 18.1 Å². The van der Waals surface area contributed by atoms with Crippen molar-refractivity contribution < 1.29 is 9.53 Å². The van der Waals surface area contributed by atoms with Crippen molar-refractivity contribution in [3.63, 3.8) is 0 Å². The van der Waals surface area contributed by atoms with Crippen molar-refractivity contribution in [1.82, 2.24) is 15.0 Å². The molecule has 5 heterocycles. The number of benzene rings is 1. The number of aromatic nitrogens is 3. The van der Waals surface area contributed by atoms with Crippen molar-refractivity contribution in [2.45, 2.75) is 13.8 Å². The van der Waals surface area contributed by atoms with E-state index in [4.69, 9.17) is 4.74 Å². The second-order valence-corrected chi connectivity index (χ2v) is 8.16. The largest absolute Gasteiger partial charge is 0.474 e. The van der Waals surface area contributed by atoms with Crippen LogP contribution in [-0.4, -0.2) is 34.0 Å². The first-order chi connectivity index (χ1) is 15.6. The minimum absolute atomic E-state index is 0.108. The molecule has 0 fully saturated rings. The van der Waals surface area contributed by atoms with E-state index in [0.717, 1.165) is 62.3 Å². The zero-order chi connectivity index (χ0) is 21.8. The van der Waals surface area contributed by atoms with Crippen LogP contribution >= 0.6 is 0 Å². The Kier molecular flexibility index (Phi) is 4.04. The highest BCUT2D eigenvalue weighted by atomic mass is 16.5. The lowest BCUT2D eigenvalue weighted by Crippen LogP contribution is -2.20. The van der Waals surface area contributed by atoms with Gasteiger partial charge in [0.25, 0.3) is 5.91 Å². The molecule has 2 aliphatic heterocycles. The number of hydrogen-bond acceptors (Lipinski definition) is 5. The number of aryl methyl sites for hydroxylation is 1. The molecule has 0 saturated heterocycles. The van der Waals surface area contributed by atoms with Gasteiger partial charge in [0.1, 0.15) is 12.3 Å². The highest BCUT2D eigenvalue weighted by molar-refractivity contribution is 6.35. The number of nitrogens with one attached hydrogen (secondary N) is 3. The number of pyridine rings is 2. The lowest BCUT2D eigenvalue weighted by atomic mass is 9.93. The Morgan fingerprint density at radius 1 is 1.09 bits per heavy atom. The van der Waals surface area contributed by atoms with Gasteiger partial charge in [-0.1, -0.05) is 0 Å². The van der Waals surface area contributed by atoms with Gasteiger partial charge in [0.05, 0.1) is 5.57 Å². The number of carbonyl (C=O) groups excluding carboxylic acids is 1. The molecule has 0 spiro atoms. The highest BCUT2D eigenvalue weighted by Crippen LogP contribution is 2.41. The van der Waals surface area contributed by atoms with Gasteiger partial charge in [0.15, 0.2) is 0 Å². The highest BCUT2D eigenvalue weighted by Gasteiger charge is 2.27. The molecule has 158 valence electrons. The van der Waals surface area contributed by atoms with Crippen LogP contribution in [0, 0.1) is 13.8 Å². The quantitative estimate of drug-likeness (QED) is 0.412. The van der Waals surface area contributed by atoms with E-state index < -0.39 is 0 Å². The number of H-pyrrole nitrogens is 1. The fourth-order valence-electron chi connectivity index (χ4n) is 4.50. The summed E-state index contributed by atoms with van der Waals surface area (Å²) in [5.74, 6) is 0.533. The minimum atomic E-state index is -0.108. The Bertz CT molecular complexity index is 1420. The number of aromatic amines is 1. The van der Waals surface area contributed by atoms with Gasteiger partial charge in [0.2, 0.25) is 5.88 Å². The topological polar surface area (TPSA) is 91.9 Å². The molecule has 0 aliphatic carbocycles. The van der Waals surface area contributed by atoms with Crippen molar-refractivity contribution >= 4 is 39.8 Å². The number of amides is 1. The van der Waals surface area contributed by atoms with E-state index in [-0.39, 0.29) is 5.91 Å². The molecule has 7 heteroatoms. The minimum Gasteiger partial charge on any atom is -0.474 e. The lowest BCUT2D eigenvalue weighted by Gasteiger charge is -2.22. The molecule has 0 bridgehead atoms. The van der Waals surface area contributed by atoms with Crippen molar-refractivity contribution in [1.29, 1.82) is 0 Å². The average molecular weight is 423 g/mol. The van der Waals surface area contributed by atoms with Gasteiger partial charge in [-0.05, 0) is 60.9 Å².